The van der Waals surface area contributed by atoms with Gasteiger partial charge in [0.2, 0.25) is 0 Å². The Bertz CT molecular complexity index is 86.5. The smallest absolute Gasteiger partial charge is 0.0905 e. The summed E-state index contributed by atoms with van der Waals surface area (Å²) in [5.41, 5.74) is 0. The van der Waals surface area contributed by atoms with Crippen LogP contribution < -0.4 is 5.11 Å². The monoisotopic (exact) mass is 115 g/mol. The maximum atomic E-state index is 9.34. The number of carboxylic acids is 1. The molecule has 46 valence electrons. The van der Waals surface area contributed by atoms with Crippen molar-refractivity contribution in [1.29, 1.82) is 5.26 Å². The normalized spacial score (nSPS) is 10.5. The third-order valence-corrected chi connectivity index (χ3v) is 0.341. The molecule has 0 aromatic heterocycles. The Morgan fingerprint density at radius 2 is 2.00 bits per heavy atom. The molecule has 4 nitrogen and oxygen atoms in total. The zero-order valence-electron chi connectivity index (χ0n) is 4.29. The number of aliphatic hydroxyl groups is 1. The highest BCUT2D eigenvalue weighted by Gasteiger charge is 1.89. The summed E-state index contributed by atoms with van der Waals surface area (Å²) < 4.78 is 0. The maximum Gasteiger partial charge on any atom is 0.0905 e. The number of hydrogen-bond acceptors (Lipinski definition) is 4. The molecule has 0 aromatic carbocycles. The van der Waals surface area contributed by atoms with Gasteiger partial charge in [-0.05, 0) is 6.92 Å². The number of rotatable bonds is 1. The first kappa shape index (κ1) is 10.0. The van der Waals surface area contributed by atoms with Crippen molar-refractivity contribution in [3.63, 3.8) is 0 Å². The van der Waals surface area contributed by atoms with Gasteiger partial charge in [0.25, 0.3) is 0 Å². The van der Waals surface area contributed by atoms with Crippen molar-refractivity contribution in [3.05, 3.63) is 6.57 Å². The quantitative estimate of drug-likeness (QED) is 0.409. The van der Waals surface area contributed by atoms with Crippen LogP contribution in [0.2, 0.25) is 0 Å². The largest absolute Gasteiger partial charge is 0.547 e. The van der Waals surface area contributed by atoms with Gasteiger partial charge in [-0.15, -0.1) is 0 Å². The third kappa shape index (κ3) is 8.87. The van der Waals surface area contributed by atoms with Crippen LogP contribution in [-0.4, -0.2) is 17.2 Å². The number of carbonyl (C=O) groups excluding carboxylic acids is 1. The lowest BCUT2D eigenvalue weighted by atomic mass is 10.4. The van der Waals surface area contributed by atoms with E-state index in [1.54, 1.807) is 0 Å². The van der Waals surface area contributed by atoms with Gasteiger partial charge in [-0.3, -0.25) is 0 Å². The first-order valence-corrected chi connectivity index (χ1v) is 1.76. The van der Waals surface area contributed by atoms with Gasteiger partial charge in [-0.1, -0.05) is 0 Å². The van der Waals surface area contributed by atoms with Crippen LogP contribution in [0, 0.1) is 11.8 Å². The second kappa shape index (κ2) is 5.92. The molecule has 1 unspecified atom stereocenters. The van der Waals surface area contributed by atoms with Crippen LogP contribution in [-0.2, 0) is 4.79 Å². The number of aliphatic carboxylic acids is 1. The van der Waals surface area contributed by atoms with Crippen LogP contribution in [0.3, 0.4) is 0 Å². The van der Waals surface area contributed by atoms with Gasteiger partial charge in [-0.2, -0.15) is 0 Å². The van der Waals surface area contributed by atoms with Crippen LogP contribution >= 0.6 is 0 Å². The van der Waals surface area contributed by atoms with E-state index in [4.69, 9.17) is 16.9 Å². The summed E-state index contributed by atoms with van der Waals surface area (Å²) in [6, 6.07) is 0. The average molecular weight is 115 g/mol. The molecule has 0 saturated carbocycles. The van der Waals surface area contributed by atoms with Crippen molar-refractivity contribution in [2.75, 3.05) is 0 Å². The standard InChI is InChI=1S/C3H6O3.CN/c1-2(4)3(5)6;1-2/h2,4H,1H3,(H,5,6);/q;-1/p-1. The Labute approximate surface area is 47.0 Å². The lowest BCUT2D eigenvalue weighted by Gasteiger charge is -2.00. The Morgan fingerprint density at radius 1 is 1.88 bits per heavy atom. The van der Waals surface area contributed by atoms with Gasteiger partial charge in [0.05, 0.1) is 12.1 Å². The van der Waals surface area contributed by atoms with E-state index in [1.807, 2.05) is 0 Å². The Balaban J connectivity index is 0. The molecule has 8 heavy (non-hydrogen) atoms. The molecule has 1 atom stereocenters. The van der Waals surface area contributed by atoms with Gasteiger partial charge >= 0.3 is 0 Å². The zero-order chi connectivity index (χ0) is 7.15. The second-order valence-corrected chi connectivity index (χ2v) is 0.995. The Morgan fingerprint density at radius 3 is 2.00 bits per heavy atom. The van der Waals surface area contributed by atoms with Crippen molar-refractivity contribution in [2.45, 2.75) is 13.0 Å². The van der Waals surface area contributed by atoms with E-state index in [-0.39, 0.29) is 0 Å². The van der Waals surface area contributed by atoms with Gasteiger partial charge < -0.3 is 26.8 Å². The minimum Gasteiger partial charge on any atom is -0.547 e. The summed E-state index contributed by atoms with van der Waals surface area (Å²) in [6.07, 6.45) is -1.34. The molecule has 0 aliphatic carbocycles. The zero-order valence-corrected chi connectivity index (χ0v) is 4.29. The van der Waals surface area contributed by atoms with E-state index in [0.717, 1.165) is 6.92 Å². The van der Waals surface area contributed by atoms with E-state index < -0.39 is 12.1 Å². The van der Waals surface area contributed by atoms with E-state index in [9.17, 15) is 9.90 Å². The van der Waals surface area contributed by atoms with E-state index in [1.165, 1.54) is 0 Å². The first-order valence-electron chi connectivity index (χ1n) is 1.76. The van der Waals surface area contributed by atoms with Gasteiger partial charge in [0, 0.05) is 0 Å². The van der Waals surface area contributed by atoms with Gasteiger partial charge in [0.1, 0.15) is 0 Å². The highest BCUT2D eigenvalue weighted by molar-refractivity contribution is 5.68. The Hall–Kier alpha value is -1.08. The molecule has 0 aromatic rings. The number of aliphatic hydroxyl groups excluding tert-OH is 1. The molecule has 0 aliphatic heterocycles. The summed E-state index contributed by atoms with van der Waals surface area (Å²) >= 11 is 0. The molecule has 0 amide bonds. The molecule has 4 heteroatoms. The van der Waals surface area contributed by atoms with Crippen molar-refractivity contribution < 1.29 is 15.0 Å². The summed E-state index contributed by atoms with van der Waals surface area (Å²) in [5, 5.41) is 23.6. The summed E-state index contributed by atoms with van der Waals surface area (Å²) in [5.74, 6) is -1.44. The van der Waals surface area contributed by atoms with Gasteiger partial charge in [-0.25, -0.2) is 0 Å². The molecular weight excluding hydrogens is 110 g/mol. The number of nitrogens with zero attached hydrogens (tertiary/aromatic N) is 1. The minimum absolute atomic E-state index is 1.13. The predicted molar refractivity (Wildman–Crippen MR) is 21.7 cm³/mol. The summed E-state index contributed by atoms with van der Waals surface area (Å²) in [4.78, 5) is 9.34. The molecular formula is C4H5NO3-2. The molecule has 0 radical (unpaired) electrons. The van der Waals surface area contributed by atoms with Crippen molar-refractivity contribution in [3.8, 4) is 0 Å². The minimum atomic E-state index is -1.44. The Kier molecular flexibility index (Phi) is 7.41. The number of carboxylic acid groups (broad SMARTS) is 1. The second-order valence-electron chi connectivity index (χ2n) is 0.995. The molecule has 0 bridgehead atoms. The van der Waals surface area contributed by atoms with Crippen LogP contribution in [0.15, 0.2) is 0 Å². The fourth-order valence-electron chi connectivity index (χ4n) is 0. The van der Waals surface area contributed by atoms with Crippen molar-refractivity contribution in [2.24, 2.45) is 0 Å². The fourth-order valence-corrected chi connectivity index (χ4v) is 0. The predicted octanol–water partition coefficient (Wildman–Crippen LogP) is -1.79. The van der Waals surface area contributed by atoms with Crippen molar-refractivity contribution in [1.82, 2.24) is 0 Å². The average Bonchev–Trinajstić information content (AvgIpc) is 1.72. The lowest BCUT2D eigenvalue weighted by Crippen LogP contribution is -2.32. The molecule has 0 spiro atoms. The highest BCUT2D eigenvalue weighted by Crippen LogP contribution is 1.69. The lowest BCUT2D eigenvalue weighted by molar-refractivity contribution is -0.314. The van der Waals surface area contributed by atoms with E-state index in [2.05, 4.69) is 0 Å². The molecule has 0 saturated heterocycles. The molecule has 0 heterocycles. The third-order valence-electron chi connectivity index (χ3n) is 0.341. The molecule has 0 aliphatic rings. The maximum absolute atomic E-state index is 9.34. The van der Waals surface area contributed by atoms with Crippen LogP contribution in [0.4, 0.5) is 0 Å². The number of hydrogen-bond donors (Lipinski definition) is 1. The number of carbonyl (C=O) groups is 1. The van der Waals surface area contributed by atoms with Crippen LogP contribution in [0.25, 0.3) is 0 Å². The SMILES string of the molecule is CC(O)C(=O)[O-].[C-]#N. The highest BCUT2D eigenvalue weighted by atomic mass is 16.4. The summed E-state index contributed by atoms with van der Waals surface area (Å²) in [7, 11) is 0. The molecule has 0 rings (SSSR count). The van der Waals surface area contributed by atoms with E-state index in [0.29, 0.717) is 0 Å². The summed E-state index contributed by atoms with van der Waals surface area (Å²) in [6.45, 7) is 5.88. The van der Waals surface area contributed by atoms with Crippen LogP contribution in [0.5, 0.6) is 0 Å². The van der Waals surface area contributed by atoms with Crippen LogP contribution in [0.1, 0.15) is 6.92 Å². The topological polar surface area (TPSA) is 84.2 Å². The van der Waals surface area contributed by atoms with Gasteiger partial charge in [0.15, 0.2) is 0 Å². The fraction of sp³-hybridized carbons (Fsp3) is 0.500. The van der Waals surface area contributed by atoms with Crippen molar-refractivity contribution >= 4 is 5.97 Å². The van der Waals surface area contributed by atoms with E-state index >= 15 is 0 Å². The molecule has 0 fully saturated rings. The molecule has 1 N–H and O–H groups in total. The first-order chi connectivity index (χ1) is 3.64.